The monoisotopic (exact) mass is 198 g/mol. The third kappa shape index (κ3) is 4.25. The van der Waals surface area contributed by atoms with Gasteiger partial charge in [0.05, 0.1) is 0 Å². The van der Waals surface area contributed by atoms with Gasteiger partial charge in [-0.1, -0.05) is 51.7 Å². The minimum absolute atomic E-state index is 0.188. The zero-order valence-corrected chi connectivity index (χ0v) is 9.37. The van der Waals surface area contributed by atoms with E-state index in [0.29, 0.717) is 0 Å². The fourth-order valence-corrected chi connectivity index (χ4v) is 1.55. The molecule has 0 fully saturated rings. The molecule has 0 N–H and O–H groups in total. The maximum Gasteiger partial charge on any atom is 0.111 e. The Labute approximate surface area is 87.2 Å². The molecular weight excluding hydrogens is 176 g/mol. The lowest BCUT2D eigenvalue weighted by atomic mass is 10.1. The first-order valence-corrected chi connectivity index (χ1v) is 5.87. The van der Waals surface area contributed by atoms with Crippen molar-refractivity contribution >= 4 is 0 Å². The lowest BCUT2D eigenvalue weighted by Crippen LogP contribution is -2.22. The van der Waals surface area contributed by atoms with Crippen molar-refractivity contribution in [2.45, 2.75) is 64.6 Å². The third-order valence-electron chi connectivity index (χ3n) is 2.53. The number of hydrogen-bond donors (Lipinski definition) is 0. The predicted octanol–water partition coefficient (Wildman–Crippen LogP) is 3.62. The fraction of sp³-hybridized carbons (Fsp3) is 0.833. The molecule has 1 aliphatic rings. The molecule has 0 aromatic heterocycles. The highest BCUT2D eigenvalue weighted by molar-refractivity contribution is 4.96. The number of unbranched alkanes of at least 4 members (excludes halogenated alkanes) is 2. The van der Waals surface area contributed by atoms with Gasteiger partial charge in [0.15, 0.2) is 0 Å². The van der Waals surface area contributed by atoms with Crippen LogP contribution in [0.5, 0.6) is 0 Å². The summed E-state index contributed by atoms with van der Waals surface area (Å²) in [5, 5.41) is 0. The van der Waals surface area contributed by atoms with Gasteiger partial charge in [-0.15, -0.1) is 0 Å². The van der Waals surface area contributed by atoms with E-state index in [9.17, 15) is 0 Å². The van der Waals surface area contributed by atoms with Crippen LogP contribution in [0.3, 0.4) is 0 Å². The van der Waals surface area contributed by atoms with Gasteiger partial charge in [-0.3, -0.25) is 0 Å². The molecule has 0 saturated heterocycles. The van der Waals surface area contributed by atoms with Gasteiger partial charge < -0.3 is 0 Å². The maximum atomic E-state index is 5.30. The van der Waals surface area contributed by atoms with Crippen molar-refractivity contribution in [3.63, 3.8) is 0 Å². The lowest BCUT2D eigenvalue weighted by molar-refractivity contribution is -0.341. The van der Waals surface area contributed by atoms with Crippen LogP contribution in [0.4, 0.5) is 0 Å². The van der Waals surface area contributed by atoms with Crippen LogP contribution < -0.4 is 0 Å². The smallest absolute Gasteiger partial charge is 0.111 e. The van der Waals surface area contributed by atoms with Gasteiger partial charge >= 0.3 is 0 Å². The highest BCUT2D eigenvalue weighted by Gasteiger charge is 2.16. The molecule has 0 aromatic rings. The second-order valence-electron chi connectivity index (χ2n) is 3.94. The molecular formula is C12H22O2. The Morgan fingerprint density at radius 1 is 0.857 bits per heavy atom. The molecule has 0 aromatic carbocycles. The second-order valence-corrected chi connectivity index (χ2v) is 3.94. The van der Waals surface area contributed by atoms with E-state index < -0.39 is 0 Å². The predicted molar refractivity (Wildman–Crippen MR) is 57.9 cm³/mol. The van der Waals surface area contributed by atoms with E-state index in [1.54, 1.807) is 0 Å². The van der Waals surface area contributed by atoms with Crippen LogP contribution >= 0.6 is 0 Å². The molecule has 2 heteroatoms. The molecule has 0 aliphatic carbocycles. The van der Waals surface area contributed by atoms with E-state index in [-0.39, 0.29) is 12.2 Å². The lowest BCUT2D eigenvalue weighted by Gasteiger charge is -2.22. The van der Waals surface area contributed by atoms with Crippen molar-refractivity contribution in [2.24, 2.45) is 0 Å². The number of hydrogen-bond acceptors (Lipinski definition) is 2. The van der Waals surface area contributed by atoms with Crippen LogP contribution in [-0.2, 0) is 9.78 Å². The summed E-state index contributed by atoms with van der Waals surface area (Å²) in [6.45, 7) is 4.38. The SMILES string of the molecule is CCCC[C@@H]1C=C[C@@H](CCCC)OO1. The van der Waals surface area contributed by atoms with Crippen LogP contribution in [0.15, 0.2) is 12.2 Å². The van der Waals surface area contributed by atoms with Crippen LogP contribution in [0.1, 0.15) is 52.4 Å². The van der Waals surface area contributed by atoms with Gasteiger partial charge in [-0.05, 0) is 12.8 Å². The van der Waals surface area contributed by atoms with Gasteiger partial charge in [-0.2, -0.15) is 0 Å². The second kappa shape index (κ2) is 7.02. The van der Waals surface area contributed by atoms with Crippen LogP contribution in [0.2, 0.25) is 0 Å². The minimum atomic E-state index is 0.188. The maximum absolute atomic E-state index is 5.30. The molecule has 1 rings (SSSR count). The molecule has 2 nitrogen and oxygen atoms in total. The molecule has 14 heavy (non-hydrogen) atoms. The first-order valence-electron chi connectivity index (χ1n) is 5.87. The van der Waals surface area contributed by atoms with E-state index in [4.69, 9.17) is 9.78 Å². The zero-order valence-electron chi connectivity index (χ0n) is 9.37. The normalized spacial score (nSPS) is 26.7. The van der Waals surface area contributed by atoms with Gasteiger partial charge in [0.25, 0.3) is 0 Å². The average molecular weight is 198 g/mol. The van der Waals surface area contributed by atoms with Crippen molar-refractivity contribution in [3.8, 4) is 0 Å². The van der Waals surface area contributed by atoms with E-state index in [0.717, 1.165) is 12.8 Å². The van der Waals surface area contributed by atoms with Crippen molar-refractivity contribution < 1.29 is 9.78 Å². The Kier molecular flexibility index (Phi) is 5.88. The standard InChI is InChI=1S/C12H22O2/c1-3-5-7-11-9-10-12(14-13-11)8-6-4-2/h9-12H,3-8H2,1-2H3/t11-,12-/m1/s1. The molecule has 0 radical (unpaired) electrons. The summed E-state index contributed by atoms with van der Waals surface area (Å²) in [7, 11) is 0. The topological polar surface area (TPSA) is 18.5 Å². The van der Waals surface area contributed by atoms with Crippen LogP contribution in [0.25, 0.3) is 0 Å². The minimum Gasteiger partial charge on any atom is -0.229 e. The summed E-state index contributed by atoms with van der Waals surface area (Å²) < 4.78 is 0. The number of rotatable bonds is 6. The largest absolute Gasteiger partial charge is 0.229 e. The molecule has 1 heterocycles. The first-order chi connectivity index (χ1) is 6.86. The van der Waals surface area contributed by atoms with Crippen LogP contribution in [0, 0.1) is 0 Å². The van der Waals surface area contributed by atoms with E-state index in [1.807, 2.05) is 0 Å². The van der Waals surface area contributed by atoms with Crippen molar-refractivity contribution in [2.75, 3.05) is 0 Å². The summed E-state index contributed by atoms with van der Waals surface area (Å²) in [6, 6.07) is 0. The molecule has 1 aliphatic heterocycles. The molecule has 0 amide bonds. The van der Waals surface area contributed by atoms with E-state index >= 15 is 0 Å². The zero-order chi connectivity index (χ0) is 10.2. The molecule has 0 bridgehead atoms. The van der Waals surface area contributed by atoms with E-state index in [2.05, 4.69) is 26.0 Å². The Balaban J connectivity index is 2.18. The van der Waals surface area contributed by atoms with Crippen LogP contribution in [-0.4, -0.2) is 12.2 Å². The van der Waals surface area contributed by atoms with Crippen molar-refractivity contribution in [1.82, 2.24) is 0 Å². The molecule has 0 spiro atoms. The quantitative estimate of drug-likeness (QED) is 0.479. The summed E-state index contributed by atoms with van der Waals surface area (Å²) in [4.78, 5) is 10.6. The van der Waals surface area contributed by atoms with Crippen molar-refractivity contribution in [3.05, 3.63) is 12.2 Å². The van der Waals surface area contributed by atoms with Crippen molar-refractivity contribution in [1.29, 1.82) is 0 Å². The average Bonchev–Trinajstić information content (AvgIpc) is 2.25. The first kappa shape index (κ1) is 11.7. The highest BCUT2D eigenvalue weighted by atomic mass is 17.2. The summed E-state index contributed by atoms with van der Waals surface area (Å²) in [5.41, 5.74) is 0. The van der Waals surface area contributed by atoms with Gasteiger partial charge in [0.2, 0.25) is 0 Å². The Morgan fingerprint density at radius 3 is 1.57 bits per heavy atom. The Morgan fingerprint density at radius 2 is 1.29 bits per heavy atom. The Bertz CT molecular complexity index is 148. The van der Waals surface area contributed by atoms with Gasteiger partial charge in [0.1, 0.15) is 12.2 Å². The molecule has 0 unspecified atom stereocenters. The highest BCUT2D eigenvalue weighted by Crippen LogP contribution is 2.17. The van der Waals surface area contributed by atoms with E-state index in [1.165, 1.54) is 25.7 Å². The molecule has 82 valence electrons. The fourth-order valence-electron chi connectivity index (χ4n) is 1.55. The third-order valence-corrected chi connectivity index (χ3v) is 2.53. The molecule has 2 atom stereocenters. The Hall–Kier alpha value is -0.340. The summed E-state index contributed by atoms with van der Waals surface area (Å²) >= 11 is 0. The molecule has 0 saturated carbocycles. The van der Waals surface area contributed by atoms with Gasteiger partial charge in [-0.25, -0.2) is 9.78 Å². The summed E-state index contributed by atoms with van der Waals surface area (Å²) in [5.74, 6) is 0. The van der Waals surface area contributed by atoms with Gasteiger partial charge in [0, 0.05) is 0 Å². The summed E-state index contributed by atoms with van der Waals surface area (Å²) in [6.07, 6.45) is 11.7.